The quantitative estimate of drug-likeness (QED) is 0.811. The van der Waals surface area contributed by atoms with Crippen LogP contribution in [0.25, 0.3) is 11.3 Å². The molecule has 0 saturated carbocycles. The average Bonchev–Trinajstić information content (AvgIpc) is 2.86. The summed E-state index contributed by atoms with van der Waals surface area (Å²) in [6.07, 6.45) is 1.13. The van der Waals surface area contributed by atoms with Crippen LogP contribution in [0.3, 0.4) is 0 Å². The van der Waals surface area contributed by atoms with E-state index < -0.39 is 0 Å². The van der Waals surface area contributed by atoms with Crippen LogP contribution in [0.1, 0.15) is 18.4 Å². The molecule has 0 amide bonds. The van der Waals surface area contributed by atoms with E-state index in [0.29, 0.717) is 8.67 Å². The van der Waals surface area contributed by atoms with Crippen molar-refractivity contribution >= 4 is 45.9 Å². The van der Waals surface area contributed by atoms with Gasteiger partial charge in [-0.05, 0) is 19.0 Å². The van der Waals surface area contributed by atoms with Crippen LogP contribution in [-0.4, -0.2) is 11.5 Å². The van der Waals surface area contributed by atoms with Gasteiger partial charge in [-0.25, -0.2) is 4.98 Å². The monoisotopic (exact) mass is 306 g/mol. The Kier molecular flexibility index (Phi) is 4.82. The zero-order valence-electron chi connectivity index (χ0n) is 9.30. The third-order valence-electron chi connectivity index (χ3n) is 2.19. The summed E-state index contributed by atoms with van der Waals surface area (Å²) in [6.45, 7) is 3.97. The molecule has 17 heavy (non-hydrogen) atoms. The SMILES string of the molecule is CCCNCc1nc(-c2cc(Cl)sc2Cl)cs1. The Hall–Kier alpha value is -0.130. The molecule has 0 aliphatic carbocycles. The summed E-state index contributed by atoms with van der Waals surface area (Å²) in [5.74, 6) is 0. The van der Waals surface area contributed by atoms with E-state index in [-0.39, 0.29) is 0 Å². The number of hydrogen-bond donors (Lipinski definition) is 1. The molecule has 92 valence electrons. The predicted molar refractivity (Wildman–Crippen MR) is 77.4 cm³/mol. The van der Waals surface area contributed by atoms with Crippen molar-refractivity contribution in [3.05, 3.63) is 25.1 Å². The average molecular weight is 307 g/mol. The number of rotatable bonds is 5. The van der Waals surface area contributed by atoms with Gasteiger partial charge in [-0.15, -0.1) is 22.7 Å². The minimum atomic E-state index is 0.698. The number of halogens is 2. The minimum absolute atomic E-state index is 0.698. The minimum Gasteiger partial charge on any atom is -0.310 e. The van der Waals surface area contributed by atoms with Crippen LogP contribution < -0.4 is 5.32 Å². The van der Waals surface area contributed by atoms with E-state index in [1.165, 1.54) is 11.3 Å². The molecule has 0 saturated heterocycles. The second-order valence-corrected chi connectivity index (χ2v) is 6.77. The molecule has 1 N–H and O–H groups in total. The fraction of sp³-hybridized carbons (Fsp3) is 0.364. The van der Waals surface area contributed by atoms with E-state index >= 15 is 0 Å². The molecule has 2 heterocycles. The lowest BCUT2D eigenvalue weighted by atomic mass is 10.3. The van der Waals surface area contributed by atoms with Crippen LogP contribution in [0, 0.1) is 0 Å². The van der Waals surface area contributed by atoms with Crippen molar-refractivity contribution in [3.8, 4) is 11.3 Å². The molecular formula is C11H12Cl2N2S2. The van der Waals surface area contributed by atoms with Gasteiger partial charge < -0.3 is 5.32 Å². The molecule has 0 spiro atoms. The van der Waals surface area contributed by atoms with Gasteiger partial charge in [0.15, 0.2) is 0 Å². The Morgan fingerprint density at radius 3 is 2.88 bits per heavy atom. The van der Waals surface area contributed by atoms with Gasteiger partial charge in [-0.1, -0.05) is 30.1 Å². The molecule has 0 bridgehead atoms. The van der Waals surface area contributed by atoms with Crippen molar-refractivity contribution in [2.75, 3.05) is 6.54 Å². The largest absolute Gasteiger partial charge is 0.310 e. The summed E-state index contributed by atoms with van der Waals surface area (Å²) in [4.78, 5) is 4.55. The summed E-state index contributed by atoms with van der Waals surface area (Å²) >= 11 is 15.0. The molecule has 0 atom stereocenters. The topological polar surface area (TPSA) is 24.9 Å². The molecular weight excluding hydrogens is 295 g/mol. The van der Waals surface area contributed by atoms with Gasteiger partial charge in [-0.3, -0.25) is 0 Å². The highest BCUT2D eigenvalue weighted by Gasteiger charge is 2.11. The Bertz CT molecular complexity index is 493. The second kappa shape index (κ2) is 6.16. The Labute approximate surface area is 119 Å². The van der Waals surface area contributed by atoms with Crippen LogP contribution in [0.2, 0.25) is 8.67 Å². The molecule has 0 radical (unpaired) electrons. The molecule has 0 fully saturated rings. The van der Waals surface area contributed by atoms with E-state index in [9.17, 15) is 0 Å². The fourth-order valence-corrected chi connectivity index (χ4v) is 3.65. The lowest BCUT2D eigenvalue weighted by Crippen LogP contribution is -2.13. The van der Waals surface area contributed by atoms with Crippen molar-refractivity contribution in [1.29, 1.82) is 0 Å². The number of thiazole rings is 1. The van der Waals surface area contributed by atoms with Crippen molar-refractivity contribution < 1.29 is 0 Å². The Morgan fingerprint density at radius 1 is 1.41 bits per heavy atom. The van der Waals surface area contributed by atoms with Gasteiger partial charge in [0.05, 0.1) is 10.0 Å². The molecule has 0 aliphatic heterocycles. The fourth-order valence-electron chi connectivity index (χ4n) is 1.40. The van der Waals surface area contributed by atoms with Crippen molar-refractivity contribution in [2.24, 2.45) is 0 Å². The van der Waals surface area contributed by atoms with Crippen LogP contribution in [-0.2, 0) is 6.54 Å². The third-order valence-corrected chi connectivity index (χ3v) is 4.52. The van der Waals surface area contributed by atoms with E-state index in [0.717, 1.165) is 35.8 Å². The number of nitrogens with one attached hydrogen (secondary N) is 1. The van der Waals surface area contributed by atoms with Crippen LogP contribution >= 0.6 is 45.9 Å². The van der Waals surface area contributed by atoms with Gasteiger partial charge in [0.25, 0.3) is 0 Å². The van der Waals surface area contributed by atoms with Crippen molar-refractivity contribution in [3.63, 3.8) is 0 Å². The molecule has 2 aromatic rings. The maximum atomic E-state index is 6.10. The zero-order chi connectivity index (χ0) is 12.3. The number of aromatic nitrogens is 1. The summed E-state index contributed by atoms with van der Waals surface area (Å²) in [5.41, 5.74) is 1.84. The molecule has 2 aromatic heterocycles. The van der Waals surface area contributed by atoms with Gasteiger partial charge in [0.2, 0.25) is 0 Å². The lowest BCUT2D eigenvalue weighted by Gasteiger charge is -1.97. The molecule has 0 aliphatic rings. The van der Waals surface area contributed by atoms with Crippen molar-refractivity contribution in [2.45, 2.75) is 19.9 Å². The summed E-state index contributed by atoms with van der Waals surface area (Å²) in [5, 5.41) is 6.42. The van der Waals surface area contributed by atoms with E-state index in [1.54, 1.807) is 11.3 Å². The van der Waals surface area contributed by atoms with Crippen LogP contribution in [0.4, 0.5) is 0 Å². The third kappa shape index (κ3) is 3.42. The highest BCUT2D eigenvalue weighted by atomic mass is 35.5. The maximum Gasteiger partial charge on any atom is 0.107 e. The smallest absolute Gasteiger partial charge is 0.107 e. The lowest BCUT2D eigenvalue weighted by molar-refractivity contribution is 0.673. The van der Waals surface area contributed by atoms with E-state index in [4.69, 9.17) is 23.2 Å². The molecule has 2 nitrogen and oxygen atoms in total. The van der Waals surface area contributed by atoms with E-state index in [1.807, 2.05) is 11.4 Å². The first kappa shape index (κ1) is 13.3. The zero-order valence-corrected chi connectivity index (χ0v) is 12.4. The molecule has 2 rings (SSSR count). The van der Waals surface area contributed by atoms with Crippen LogP contribution in [0.15, 0.2) is 11.4 Å². The second-order valence-electron chi connectivity index (χ2n) is 3.54. The number of thiophene rings is 1. The van der Waals surface area contributed by atoms with Crippen molar-refractivity contribution in [1.82, 2.24) is 10.3 Å². The molecule has 6 heteroatoms. The standard InChI is InChI=1S/C11H12Cl2N2S2/c1-2-3-14-5-10-15-8(6-16-10)7-4-9(12)17-11(7)13/h4,6,14H,2-3,5H2,1H3. The van der Waals surface area contributed by atoms with E-state index in [2.05, 4.69) is 17.2 Å². The van der Waals surface area contributed by atoms with Gasteiger partial charge in [-0.2, -0.15) is 0 Å². The van der Waals surface area contributed by atoms with Gasteiger partial charge >= 0.3 is 0 Å². The normalized spacial score (nSPS) is 11.0. The van der Waals surface area contributed by atoms with Gasteiger partial charge in [0.1, 0.15) is 9.34 Å². The summed E-state index contributed by atoms with van der Waals surface area (Å²) in [6, 6.07) is 1.87. The predicted octanol–water partition coefficient (Wildman–Crippen LogP) is 4.68. The van der Waals surface area contributed by atoms with Crippen LogP contribution in [0.5, 0.6) is 0 Å². The molecule has 0 aromatic carbocycles. The highest BCUT2D eigenvalue weighted by Crippen LogP contribution is 2.38. The van der Waals surface area contributed by atoms with Gasteiger partial charge in [0, 0.05) is 17.5 Å². The first-order chi connectivity index (χ1) is 8.20. The Morgan fingerprint density at radius 2 is 2.24 bits per heavy atom. The highest BCUT2D eigenvalue weighted by molar-refractivity contribution is 7.20. The molecule has 0 unspecified atom stereocenters. The first-order valence-corrected chi connectivity index (χ1v) is 7.76. The number of hydrogen-bond acceptors (Lipinski definition) is 4. The summed E-state index contributed by atoms with van der Waals surface area (Å²) in [7, 11) is 0. The Balaban J connectivity index is 2.10. The maximum absolute atomic E-state index is 6.10. The first-order valence-electron chi connectivity index (χ1n) is 5.31. The number of nitrogens with zero attached hydrogens (tertiary/aromatic N) is 1. The summed E-state index contributed by atoms with van der Waals surface area (Å²) < 4.78 is 1.40.